The van der Waals surface area contributed by atoms with E-state index in [2.05, 4.69) is 5.32 Å². The molecule has 1 aromatic carbocycles. The van der Waals surface area contributed by atoms with E-state index in [0.29, 0.717) is 11.4 Å². The SMILES string of the molecule is CCC[C@H](C)C(=O)Nc1ccc(N2C[C@@H](C(=O)O)CC2=O)cc1. The number of amides is 2. The maximum absolute atomic E-state index is 12.0. The lowest BCUT2D eigenvalue weighted by Gasteiger charge is -2.17. The molecule has 0 spiro atoms. The Balaban J connectivity index is 2.01. The number of aliphatic carboxylic acids is 1. The zero-order valence-electron chi connectivity index (χ0n) is 13.4. The number of carboxylic acids is 1. The number of carbonyl (C=O) groups is 3. The Kier molecular flexibility index (Phi) is 5.36. The van der Waals surface area contributed by atoms with Gasteiger partial charge in [-0.3, -0.25) is 14.4 Å². The van der Waals surface area contributed by atoms with Crippen molar-refractivity contribution in [2.75, 3.05) is 16.8 Å². The van der Waals surface area contributed by atoms with Crippen molar-refractivity contribution in [3.8, 4) is 0 Å². The Bertz CT molecular complexity index is 597. The summed E-state index contributed by atoms with van der Waals surface area (Å²) in [5.74, 6) is -1.86. The maximum atomic E-state index is 12.0. The second kappa shape index (κ2) is 7.26. The van der Waals surface area contributed by atoms with Gasteiger partial charge in [-0.05, 0) is 30.7 Å². The summed E-state index contributed by atoms with van der Waals surface area (Å²) in [7, 11) is 0. The first-order chi connectivity index (χ1) is 10.9. The van der Waals surface area contributed by atoms with Crippen LogP contribution >= 0.6 is 0 Å². The third-order valence-electron chi connectivity index (χ3n) is 4.09. The van der Waals surface area contributed by atoms with E-state index in [0.717, 1.165) is 12.8 Å². The van der Waals surface area contributed by atoms with E-state index in [1.807, 2.05) is 13.8 Å². The Hall–Kier alpha value is -2.37. The van der Waals surface area contributed by atoms with Crippen LogP contribution in [0.25, 0.3) is 0 Å². The zero-order valence-corrected chi connectivity index (χ0v) is 13.4. The van der Waals surface area contributed by atoms with Crippen LogP contribution in [0.1, 0.15) is 33.1 Å². The van der Waals surface area contributed by atoms with Crippen LogP contribution in [-0.4, -0.2) is 29.4 Å². The normalized spacial score (nSPS) is 18.8. The molecule has 1 aliphatic rings. The summed E-state index contributed by atoms with van der Waals surface area (Å²) in [5.41, 5.74) is 1.32. The maximum Gasteiger partial charge on any atom is 0.308 e. The predicted molar refractivity (Wildman–Crippen MR) is 87.2 cm³/mol. The summed E-state index contributed by atoms with van der Waals surface area (Å²) in [5, 5.41) is 11.9. The quantitative estimate of drug-likeness (QED) is 0.843. The molecule has 0 aromatic heterocycles. The van der Waals surface area contributed by atoms with Gasteiger partial charge in [-0.2, -0.15) is 0 Å². The average molecular weight is 318 g/mol. The summed E-state index contributed by atoms with van der Waals surface area (Å²) in [6.07, 6.45) is 1.82. The molecule has 2 amide bonds. The van der Waals surface area contributed by atoms with E-state index < -0.39 is 11.9 Å². The van der Waals surface area contributed by atoms with Crippen LogP contribution in [0.3, 0.4) is 0 Å². The lowest BCUT2D eigenvalue weighted by atomic mass is 10.1. The number of rotatable bonds is 6. The smallest absolute Gasteiger partial charge is 0.308 e. The molecule has 0 bridgehead atoms. The van der Waals surface area contributed by atoms with Crippen molar-refractivity contribution in [2.45, 2.75) is 33.1 Å². The number of benzene rings is 1. The standard InChI is InChI=1S/C17H22N2O4/c1-3-4-11(2)16(21)18-13-5-7-14(8-6-13)19-10-12(17(22)23)9-15(19)20/h5-8,11-12H,3-4,9-10H2,1-2H3,(H,18,21)(H,22,23)/t11-,12-/m0/s1. The Labute approximate surface area is 135 Å². The van der Waals surface area contributed by atoms with Gasteiger partial charge in [-0.15, -0.1) is 0 Å². The Morgan fingerprint density at radius 2 is 2.00 bits per heavy atom. The number of hydrogen-bond acceptors (Lipinski definition) is 3. The summed E-state index contributed by atoms with van der Waals surface area (Å²) in [6.45, 7) is 4.12. The van der Waals surface area contributed by atoms with E-state index in [1.54, 1.807) is 24.3 Å². The zero-order chi connectivity index (χ0) is 17.0. The average Bonchev–Trinajstić information content (AvgIpc) is 2.90. The molecule has 0 saturated carbocycles. The molecule has 1 aliphatic heterocycles. The summed E-state index contributed by atoms with van der Waals surface area (Å²) >= 11 is 0. The largest absolute Gasteiger partial charge is 0.481 e. The molecular weight excluding hydrogens is 296 g/mol. The molecule has 0 unspecified atom stereocenters. The predicted octanol–water partition coefficient (Wildman–Crippen LogP) is 2.50. The summed E-state index contributed by atoms with van der Waals surface area (Å²) in [6, 6.07) is 6.91. The molecule has 1 heterocycles. The van der Waals surface area contributed by atoms with Gasteiger partial charge < -0.3 is 15.3 Å². The van der Waals surface area contributed by atoms with Crippen LogP contribution in [0.5, 0.6) is 0 Å². The van der Waals surface area contributed by atoms with Crippen LogP contribution in [0, 0.1) is 11.8 Å². The molecule has 6 heteroatoms. The van der Waals surface area contributed by atoms with Crippen molar-refractivity contribution in [2.24, 2.45) is 11.8 Å². The van der Waals surface area contributed by atoms with Crippen molar-refractivity contribution in [3.05, 3.63) is 24.3 Å². The molecule has 1 fully saturated rings. The van der Waals surface area contributed by atoms with E-state index in [1.165, 1.54) is 4.90 Å². The number of nitrogens with one attached hydrogen (secondary N) is 1. The lowest BCUT2D eigenvalue weighted by molar-refractivity contribution is -0.141. The van der Waals surface area contributed by atoms with Crippen LogP contribution in [0.15, 0.2) is 24.3 Å². The van der Waals surface area contributed by atoms with Gasteiger partial charge in [0.15, 0.2) is 0 Å². The highest BCUT2D eigenvalue weighted by atomic mass is 16.4. The van der Waals surface area contributed by atoms with E-state index in [-0.39, 0.29) is 30.7 Å². The van der Waals surface area contributed by atoms with Crippen molar-refractivity contribution in [1.82, 2.24) is 0 Å². The van der Waals surface area contributed by atoms with Gasteiger partial charge in [0.25, 0.3) is 0 Å². The number of hydrogen-bond donors (Lipinski definition) is 2. The van der Waals surface area contributed by atoms with Gasteiger partial charge in [0.1, 0.15) is 0 Å². The van der Waals surface area contributed by atoms with Gasteiger partial charge in [0.2, 0.25) is 11.8 Å². The second-order valence-corrected chi connectivity index (χ2v) is 5.97. The van der Waals surface area contributed by atoms with E-state index in [9.17, 15) is 14.4 Å². The number of carbonyl (C=O) groups excluding carboxylic acids is 2. The van der Waals surface area contributed by atoms with Crippen molar-refractivity contribution >= 4 is 29.2 Å². The third-order valence-corrected chi connectivity index (χ3v) is 4.09. The molecule has 0 aliphatic carbocycles. The minimum absolute atomic E-state index is 0.0252. The molecular formula is C17H22N2O4. The summed E-state index contributed by atoms with van der Waals surface area (Å²) in [4.78, 5) is 36.3. The highest BCUT2D eigenvalue weighted by Gasteiger charge is 2.34. The van der Waals surface area contributed by atoms with Crippen molar-refractivity contribution in [3.63, 3.8) is 0 Å². The minimum Gasteiger partial charge on any atom is -0.481 e. The van der Waals surface area contributed by atoms with E-state index >= 15 is 0 Å². The molecule has 1 aromatic rings. The first kappa shape index (κ1) is 17.0. The molecule has 1 saturated heterocycles. The molecule has 2 rings (SSSR count). The van der Waals surface area contributed by atoms with Crippen LogP contribution < -0.4 is 10.2 Å². The van der Waals surface area contributed by atoms with Gasteiger partial charge in [0.05, 0.1) is 5.92 Å². The van der Waals surface area contributed by atoms with E-state index in [4.69, 9.17) is 5.11 Å². The van der Waals surface area contributed by atoms with Crippen molar-refractivity contribution in [1.29, 1.82) is 0 Å². The highest BCUT2D eigenvalue weighted by molar-refractivity contribution is 5.99. The topological polar surface area (TPSA) is 86.7 Å². The minimum atomic E-state index is -0.949. The fourth-order valence-corrected chi connectivity index (χ4v) is 2.68. The fraction of sp³-hybridized carbons (Fsp3) is 0.471. The summed E-state index contributed by atoms with van der Waals surface area (Å²) < 4.78 is 0. The monoisotopic (exact) mass is 318 g/mol. The second-order valence-electron chi connectivity index (χ2n) is 5.97. The lowest BCUT2D eigenvalue weighted by Crippen LogP contribution is -2.25. The van der Waals surface area contributed by atoms with Gasteiger partial charge >= 0.3 is 5.97 Å². The molecule has 2 atom stereocenters. The molecule has 0 radical (unpaired) electrons. The molecule has 2 N–H and O–H groups in total. The van der Waals surface area contributed by atoms with Gasteiger partial charge in [0, 0.05) is 30.3 Å². The van der Waals surface area contributed by atoms with Crippen LogP contribution in [0.4, 0.5) is 11.4 Å². The molecule has 23 heavy (non-hydrogen) atoms. The first-order valence-electron chi connectivity index (χ1n) is 7.86. The Morgan fingerprint density at radius 3 is 2.52 bits per heavy atom. The molecule has 124 valence electrons. The highest BCUT2D eigenvalue weighted by Crippen LogP contribution is 2.26. The van der Waals surface area contributed by atoms with Crippen molar-refractivity contribution < 1.29 is 19.5 Å². The van der Waals surface area contributed by atoms with Gasteiger partial charge in [-0.25, -0.2) is 0 Å². The van der Waals surface area contributed by atoms with Gasteiger partial charge in [-0.1, -0.05) is 20.3 Å². The van der Waals surface area contributed by atoms with Crippen LogP contribution in [-0.2, 0) is 14.4 Å². The number of carboxylic acid groups (broad SMARTS) is 1. The Morgan fingerprint density at radius 1 is 1.35 bits per heavy atom. The fourth-order valence-electron chi connectivity index (χ4n) is 2.68. The number of anilines is 2. The third kappa shape index (κ3) is 4.09. The molecule has 6 nitrogen and oxygen atoms in total. The van der Waals surface area contributed by atoms with Crippen LogP contribution in [0.2, 0.25) is 0 Å². The first-order valence-corrected chi connectivity index (χ1v) is 7.86. The number of nitrogens with zero attached hydrogens (tertiary/aromatic N) is 1.